The highest BCUT2D eigenvalue weighted by Gasteiger charge is 2.50. The molecule has 0 atom stereocenters. The molecule has 2 N–H and O–H groups in total. The van der Waals surface area contributed by atoms with Crippen molar-refractivity contribution in [2.24, 2.45) is 5.41 Å². The Morgan fingerprint density at radius 3 is 2.67 bits per heavy atom. The van der Waals surface area contributed by atoms with Crippen molar-refractivity contribution < 1.29 is 14.7 Å². The van der Waals surface area contributed by atoms with Crippen LogP contribution >= 0.6 is 27.5 Å². The van der Waals surface area contributed by atoms with Gasteiger partial charge in [0.15, 0.2) is 0 Å². The lowest BCUT2D eigenvalue weighted by Crippen LogP contribution is -2.34. The normalized spacial score (nSPS) is 16.1. The van der Waals surface area contributed by atoms with E-state index >= 15 is 0 Å². The van der Waals surface area contributed by atoms with Crippen LogP contribution in [0.25, 0.3) is 0 Å². The maximum atomic E-state index is 11.9. The van der Waals surface area contributed by atoms with E-state index in [0.717, 1.165) is 4.47 Å². The Hall–Kier alpha value is -1.07. The van der Waals surface area contributed by atoms with Gasteiger partial charge in [-0.3, -0.25) is 9.59 Å². The summed E-state index contributed by atoms with van der Waals surface area (Å²) in [4.78, 5) is 22.9. The molecule has 6 heteroatoms. The van der Waals surface area contributed by atoms with E-state index in [1.165, 1.54) is 0 Å². The minimum absolute atomic E-state index is 0.143. The second-order valence-corrected chi connectivity index (χ2v) is 5.72. The minimum atomic E-state index is -0.858. The van der Waals surface area contributed by atoms with E-state index in [9.17, 15) is 9.59 Å². The van der Waals surface area contributed by atoms with Crippen LogP contribution in [-0.4, -0.2) is 23.5 Å². The molecular formula is C12H11BrClNO3. The zero-order valence-electron chi connectivity index (χ0n) is 9.37. The van der Waals surface area contributed by atoms with Crippen LogP contribution in [0.4, 0.5) is 0 Å². The van der Waals surface area contributed by atoms with Crippen molar-refractivity contribution in [2.75, 3.05) is 6.54 Å². The van der Waals surface area contributed by atoms with E-state index < -0.39 is 11.4 Å². The molecule has 96 valence electrons. The molecule has 1 amide bonds. The fourth-order valence-electron chi connectivity index (χ4n) is 1.63. The smallest absolute Gasteiger partial charge is 0.311 e. The number of carboxylic acids is 1. The number of nitrogens with one attached hydrogen (secondary N) is 1. The molecule has 1 aliphatic rings. The van der Waals surface area contributed by atoms with E-state index in [0.29, 0.717) is 23.4 Å². The van der Waals surface area contributed by atoms with Crippen LogP contribution in [0.1, 0.15) is 23.2 Å². The van der Waals surface area contributed by atoms with Gasteiger partial charge in [0.1, 0.15) is 0 Å². The number of amides is 1. The van der Waals surface area contributed by atoms with Gasteiger partial charge in [-0.25, -0.2) is 0 Å². The molecule has 0 unspecified atom stereocenters. The Bertz CT molecular complexity index is 514. The van der Waals surface area contributed by atoms with Crippen LogP contribution in [0.3, 0.4) is 0 Å². The highest BCUT2D eigenvalue weighted by molar-refractivity contribution is 9.10. The zero-order valence-corrected chi connectivity index (χ0v) is 11.7. The van der Waals surface area contributed by atoms with E-state index in [2.05, 4.69) is 21.2 Å². The molecule has 1 aromatic carbocycles. The summed E-state index contributed by atoms with van der Waals surface area (Å²) < 4.78 is 0.747. The first kappa shape index (κ1) is 13.4. The Morgan fingerprint density at radius 1 is 1.44 bits per heavy atom. The van der Waals surface area contributed by atoms with Gasteiger partial charge in [-0.1, -0.05) is 27.5 Å². The van der Waals surface area contributed by atoms with Crippen LogP contribution in [0.2, 0.25) is 5.02 Å². The molecule has 2 rings (SSSR count). The summed E-state index contributed by atoms with van der Waals surface area (Å²) in [6, 6.07) is 4.96. The number of halogens is 2. The third kappa shape index (κ3) is 2.67. The quantitative estimate of drug-likeness (QED) is 0.891. The number of hydrogen-bond acceptors (Lipinski definition) is 2. The predicted molar refractivity (Wildman–Crippen MR) is 70.8 cm³/mol. The van der Waals surface area contributed by atoms with Crippen molar-refractivity contribution in [1.29, 1.82) is 0 Å². The molecule has 0 heterocycles. The summed E-state index contributed by atoms with van der Waals surface area (Å²) in [6.45, 7) is 0.143. The molecule has 1 aliphatic carbocycles. The van der Waals surface area contributed by atoms with Gasteiger partial charge in [-0.2, -0.15) is 0 Å². The molecule has 0 spiro atoms. The minimum Gasteiger partial charge on any atom is -0.481 e. The molecule has 0 aliphatic heterocycles. The highest BCUT2D eigenvalue weighted by Crippen LogP contribution is 2.45. The Kier molecular flexibility index (Phi) is 3.64. The molecule has 0 bridgehead atoms. The van der Waals surface area contributed by atoms with Crippen LogP contribution < -0.4 is 5.32 Å². The Balaban J connectivity index is 2.04. The second-order valence-electron chi connectivity index (χ2n) is 4.39. The molecule has 4 nitrogen and oxygen atoms in total. The van der Waals surface area contributed by atoms with Gasteiger partial charge in [0.05, 0.1) is 16.0 Å². The first-order chi connectivity index (χ1) is 8.44. The van der Waals surface area contributed by atoms with Gasteiger partial charge in [-0.15, -0.1) is 0 Å². The zero-order chi connectivity index (χ0) is 13.3. The Morgan fingerprint density at radius 2 is 2.11 bits per heavy atom. The maximum absolute atomic E-state index is 11.9. The van der Waals surface area contributed by atoms with E-state index in [4.69, 9.17) is 16.7 Å². The van der Waals surface area contributed by atoms with Gasteiger partial charge in [0.2, 0.25) is 0 Å². The standard InChI is InChI=1S/C12H11BrClNO3/c13-7-1-2-9(14)8(5-7)10(16)15-6-12(3-4-12)11(17)18/h1-2,5H,3-4,6H2,(H,15,16)(H,17,18). The monoisotopic (exact) mass is 331 g/mol. The lowest BCUT2D eigenvalue weighted by molar-refractivity contribution is -0.143. The average Bonchev–Trinajstić information content (AvgIpc) is 3.10. The number of rotatable bonds is 4. The van der Waals surface area contributed by atoms with Crippen molar-refractivity contribution in [1.82, 2.24) is 5.32 Å². The summed E-state index contributed by atoms with van der Waals surface area (Å²) in [6.07, 6.45) is 1.21. The molecule has 0 aromatic heterocycles. The van der Waals surface area contributed by atoms with Crippen LogP contribution in [0, 0.1) is 5.41 Å². The second kappa shape index (κ2) is 4.90. The summed E-state index contributed by atoms with van der Waals surface area (Å²) in [5, 5.41) is 12.0. The van der Waals surface area contributed by atoms with Crippen molar-refractivity contribution in [3.05, 3.63) is 33.3 Å². The van der Waals surface area contributed by atoms with Gasteiger partial charge in [0, 0.05) is 11.0 Å². The number of carbonyl (C=O) groups excluding carboxylic acids is 1. The first-order valence-corrected chi connectivity index (χ1v) is 6.58. The predicted octanol–water partition coefficient (Wildman–Crippen LogP) is 2.70. The van der Waals surface area contributed by atoms with Crippen molar-refractivity contribution >= 4 is 39.4 Å². The maximum Gasteiger partial charge on any atom is 0.311 e. The van der Waals surface area contributed by atoms with Crippen LogP contribution in [0.5, 0.6) is 0 Å². The molecule has 0 saturated heterocycles. The number of carbonyl (C=O) groups is 2. The largest absolute Gasteiger partial charge is 0.481 e. The lowest BCUT2D eigenvalue weighted by Gasteiger charge is -2.12. The number of hydrogen-bond donors (Lipinski definition) is 2. The molecule has 0 radical (unpaired) electrons. The molecule has 1 fully saturated rings. The van der Waals surface area contributed by atoms with Crippen molar-refractivity contribution in [3.63, 3.8) is 0 Å². The molecule has 1 aromatic rings. The van der Waals surface area contributed by atoms with Gasteiger partial charge < -0.3 is 10.4 Å². The fourth-order valence-corrected chi connectivity index (χ4v) is 2.20. The fraction of sp³-hybridized carbons (Fsp3) is 0.333. The van der Waals surface area contributed by atoms with Crippen LogP contribution in [0.15, 0.2) is 22.7 Å². The van der Waals surface area contributed by atoms with E-state index in [1.807, 2.05) is 0 Å². The number of aliphatic carboxylic acids is 1. The molecule has 1 saturated carbocycles. The Labute approximate surface area is 117 Å². The summed E-state index contributed by atoms with van der Waals surface area (Å²) in [5.74, 6) is -1.21. The number of benzene rings is 1. The molecule has 18 heavy (non-hydrogen) atoms. The summed E-state index contributed by atoms with van der Waals surface area (Å²) in [7, 11) is 0. The third-order valence-electron chi connectivity index (χ3n) is 3.07. The SMILES string of the molecule is O=C(NCC1(C(=O)O)CC1)c1cc(Br)ccc1Cl. The first-order valence-electron chi connectivity index (χ1n) is 5.41. The summed E-state index contributed by atoms with van der Waals surface area (Å²) >= 11 is 9.18. The van der Waals surface area contributed by atoms with Gasteiger partial charge in [0.25, 0.3) is 5.91 Å². The van der Waals surface area contributed by atoms with Crippen molar-refractivity contribution in [3.8, 4) is 0 Å². The van der Waals surface area contributed by atoms with E-state index in [1.54, 1.807) is 18.2 Å². The molecular weight excluding hydrogens is 321 g/mol. The van der Waals surface area contributed by atoms with Gasteiger partial charge >= 0.3 is 5.97 Å². The third-order valence-corrected chi connectivity index (χ3v) is 3.89. The summed E-state index contributed by atoms with van der Waals surface area (Å²) in [5.41, 5.74) is -0.430. The average molecular weight is 333 g/mol. The lowest BCUT2D eigenvalue weighted by atomic mass is 10.1. The van der Waals surface area contributed by atoms with Gasteiger partial charge in [-0.05, 0) is 31.0 Å². The highest BCUT2D eigenvalue weighted by atomic mass is 79.9. The van der Waals surface area contributed by atoms with E-state index in [-0.39, 0.29) is 12.5 Å². The van der Waals surface area contributed by atoms with Crippen LogP contribution in [-0.2, 0) is 4.79 Å². The number of carboxylic acid groups (broad SMARTS) is 1. The van der Waals surface area contributed by atoms with Crippen molar-refractivity contribution in [2.45, 2.75) is 12.8 Å². The topological polar surface area (TPSA) is 66.4 Å².